The largest absolute Gasteiger partial charge is 0.468 e. The standard InChI is InChI=1S/C13H15F2NO3S/c1-18-12(17)11-7-20-6-10(16-11)8-2-4-9(5-3-8)19-13(14)15/h2-5,10-11,13,16H,6-7H2,1H3. The quantitative estimate of drug-likeness (QED) is 0.864. The minimum absolute atomic E-state index is 0.0153. The summed E-state index contributed by atoms with van der Waals surface area (Å²) in [5.74, 6) is 1.30. The van der Waals surface area contributed by atoms with Gasteiger partial charge in [0, 0.05) is 17.5 Å². The van der Waals surface area contributed by atoms with Crippen molar-refractivity contribution in [3.63, 3.8) is 0 Å². The summed E-state index contributed by atoms with van der Waals surface area (Å²) >= 11 is 1.65. The number of thioether (sulfide) groups is 1. The van der Waals surface area contributed by atoms with Crippen LogP contribution in [-0.4, -0.2) is 37.2 Å². The molecule has 1 aliphatic rings. The zero-order valence-electron chi connectivity index (χ0n) is 10.8. The highest BCUT2D eigenvalue weighted by Gasteiger charge is 2.28. The summed E-state index contributed by atoms with van der Waals surface area (Å²) in [5, 5.41) is 3.20. The Balaban J connectivity index is 2.01. The molecule has 2 rings (SSSR count). The zero-order valence-corrected chi connectivity index (χ0v) is 11.7. The van der Waals surface area contributed by atoms with Crippen LogP contribution in [0.1, 0.15) is 11.6 Å². The molecule has 1 fully saturated rings. The van der Waals surface area contributed by atoms with Gasteiger partial charge in [-0.2, -0.15) is 20.5 Å². The van der Waals surface area contributed by atoms with E-state index in [9.17, 15) is 13.6 Å². The summed E-state index contributed by atoms with van der Waals surface area (Å²) in [4.78, 5) is 11.5. The highest BCUT2D eigenvalue weighted by Crippen LogP contribution is 2.26. The molecule has 1 heterocycles. The van der Waals surface area contributed by atoms with Crippen molar-refractivity contribution in [2.24, 2.45) is 0 Å². The lowest BCUT2D eigenvalue weighted by atomic mass is 10.1. The summed E-state index contributed by atoms with van der Waals surface area (Å²) < 4.78 is 33.1. The van der Waals surface area contributed by atoms with E-state index < -0.39 is 6.61 Å². The Morgan fingerprint density at radius 1 is 1.35 bits per heavy atom. The van der Waals surface area contributed by atoms with E-state index in [2.05, 4.69) is 10.1 Å². The Morgan fingerprint density at radius 3 is 2.65 bits per heavy atom. The number of hydrogen-bond donors (Lipinski definition) is 1. The average Bonchev–Trinajstić information content (AvgIpc) is 2.47. The molecular weight excluding hydrogens is 288 g/mol. The van der Waals surface area contributed by atoms with Crippen molar-refractivity contribution in [3.05, 3.63) is 29.8 Å². The molecule has 20 heavy (non-hydrogen) atoms. The predicted molar refractivity (Wildman–Crippen MR) is 72.1 cm³/mol. The second-order valence-electron chi connectivity index (χ2n) is 4.28. The first-order chi connectivity index (χ1) is 9.60. The Hall–Kier alpha value is -1.34. The van der Waals surface area contributed by atoms with Crippen LogP contribution in [0.5, 0.6) is 5.75 Å². The first-order valence-electron chi connectivity index (χ1n) is 6.06. The van der Waals surface area contributed by atoms with Gasteiger partial charge in [0.1, 0.15) is 11.8 Å². The minimum atomic E-state index is -2.83. The van der Waals surface area contributed by atoms with Crippen LogP contribution >= 0.6 is 11.8 Å². The molecule has 0 bridgehead atoms. The summed E-state index contributed by atoms with van der Waals surface area (Å²) in [6.45, 7) is -2.83. The number of ether oxygens (including phenoxy) is 2. The fourth-order valence-corrected chi connectivity index (χ4v) is 3.12. The lowest BCUT2D eigenvalue weighted by Gasteiger charge is -2.29. The summed E-state index contributed by atoms with van der Waals surface area (Å²) in [6.07, 6.45) is 0. The Kier molecular flexibility index (Phi) is 5.19. The molecule has 4 nitrogen and oxygen atoms in total. The molecule has 0 amide bonds. The summed E-state index contributed by atoms with van der Waals surface area (Å²) in [6, 6.07) is 6.07. The number of carbonyl (C=O) groups is 1. The molecular formula is C13H15F2NO3S. The van der Waals surface area contributed by atoms with E-state index in [1.54, 1.807) is 23.9 Å². The third kappa shape index (κ3) is 3.83. The number of carbonyl (C=O) groups excluding carboxylic acids is 1. The highest BCUT2D eigenvalue weighted by atomic mass is 32.2. The van der Waals surface area contributed by atoms with Crippen molar-refractivity contribution in [2.45, 2.75) is 18.7 Å². The average molecular weight is 303 g/mol. The molecule has 1 aromatic rings. The Morgan fingerprint density at radius 2 is 2.05 bits per heavy atom. The van der Waals surface area contributed by atoms with Gasteiger partial charge in [0.25, 0.3) is 0 Å². The fraction of sp³-hybridized carbons (Fsp3) is 0.462. The van der Waals surface area contributed by atoms with Crippen molar-refractivity contribution in [1.82, 2.24) is 5.32 Å². The van der Waals surface area contributed by atoms with Gasteiger partial charge < -0.3 is 9.47 Å². The third-order valence-corrected chi connectivity index (χ3v) is 4.10. The van der Waals surface area contributed by atoms with Crippen molar-refractivity contribution >= 4 is 17.7 Å². The number of rotatable bonds is 4. The first-order valence-corrected chi connectivity index (χ1v) is 7.22. The van der Waals surface area contributed by atoms with Crippen molar-refractivity contribution in [2.75, 3.05) is 18.6 Å². The van der Waals surface area contributed by atoms with Crippen LogP contribution in [0.25, 0.3) is 0 Å². The number of nitrogens with one attached hydrogen (secondary N) is 1. The van der Waals surface area contributed by atoms with Gasteiger partial charge in [0.05, 0.1) is 7.11 Å². The van der Waals surface area contributed by atoms with Crippen LogP contribution in [0.4, 0.5) is 8.78 Å². The first kappa shape index (κ1) is 15.1. The number of halogens is 2. The number of methoxy groups -OCH3 is 1. The monoisotopic (exact) mass is 303 g/mol. The van der Waals surface area contributed by atoms with E-state index in [0.717, 1.165) is 11.3 Å². The SMILES string of the molecule is COC(=O)C1CSCC(c2ccc(OC(F)F)cc2)N1. The summed E-state index contributed by atoms with van der Waals surface area (Å²) in [5.41, 5.74) is 0.924. The number of alkyl halides is 2. The molecule has 1 aromatic carbocycles. The van der Waals surface area contributed by atoms with E-state index in [-0.39, 0.29) is 23.8 Å². The maximum Gasteiger partial charge on any atom is 0.387 e. The van der Waals surface area contributed by atoms with Gasteiger partial charge in [-0.15, -0.1) is 0 Å². The van der Waals surface area contributed by atoms with Crippen LogP contribution in [0.3, 0.4) is 0 Å². The second-order valence-corrected chi connectivity index (χ2v) is 5.35. The Labute approximate surface area is 119 Å². The molecule has 110 valence electrons. The van der Waals surface area contributed by atoms with Crippen LogP contribution in [0.15, 0.2) is 24.3 Å². The lowest BCUT2D eigenvalue weighted by Crippen LogP contribution is -2.45. The predicted octanol–water partition coefficient (Wildman–Crippen LogP) is 2.21. The van der Waals surface area contributed by atoms with Crippen LogP contribution < -0.4 is 10.1 Å². The lowest BCUT2D eigenvalue weighted by molar-refractivity contribution is -0.142. The van der Waals surface area contributed by atoms with Crippen molar-refractivity contribution < 1.29 is 23.0 Å². The Bertz CT molecular complexity index is 455. The molecule has 1 saturated heterocycles. The molecule has 0 saturated carbocycles. The van der Waals surface area contributed by atoms with Gasteiger partial charge in [-0.3, -0.25) is 10.1 Å². The maximum atomic E-state index is 12.1. The summed E-state index contributed by atoms with van der Waals surface area (Å²) in [7, 11) is 1.36. The number of esters is 1. The van der Waals surface area contributed by atoms with E-state index in [4.69, 9.17) is 4.74 Å². The van der Waals surface area contributed by atoms with Gasteiger partial charge in [0.15, 0.2) is 0 Å². The van der Waals surface area contributed by atoms with Gasteiger partial charge in [-0.1, -0.05) is 12.1 Å². The number of hydrogen-bond acceptors (Lipinski definition) is 5. The fourth-order valence-electron chi connectivity index (χ4n) is 2.00. The smallest absolute Gasteiger partial charge is 0.387 e. The van der Waals surface area contributed by atoms with Crippen molar-refractivity contribution in [1.29, 1.82) is 0 Å². The van der Waals surface area contributed by atoms with Crippen molar-refractivity contribution in [3.8, 4) is 5.75 Å². The molecule has 1 N–H and O–H groups in total. The third-order valence-electron chi connectivity index (χ3n) is 2.96. The highest BCUT2D eigenvalue weighted by molar-refractivity contribution is 7.99. The molecule has 0 spiro atoms. The van der Waals surface area contributed by atoms with E-state index >= 15 is 0 Å². The minimum Gasteiger partial charge on any atom is -0.468 e. The molecule has 0 radical (unpaired) electrons. The second kappa shape index (κ2) is 6.90. The van der Waals surface area contributed by atoms with Gasteiger partial charge >= 0.3 is 12.6 Å². The van der Waals surface area contributed by atoms with Gasteiger partial charge in [-0.25, -0.2) is 0 Å². The number of benzene rings is 1. The van der Waals surface area contributed by atoms with Crippen LogP contribution in [0.2, 0.25) is 0 Å². The topological polar surface area (TPSA) is 47.6 Å². The van der Waals surface area contributed by atoms with Gasteiger partial charge in [-0.05, 0) is 17.7 Å². The van der Waals surface area contributed by atoms with E-state index in [0.29, 0.717) is 5.75 Å². The molecule has 1 aliphatic heterocycles. The normalized spacial score (nSPS) is 22.6. The zero-order chi connectivity index (χ0) is 14.5. The van der Waals surface area contributed by atoms with E-state index in [1.165, 1.54) is 19.2 Å². The maximum absolute atomic E-state index is 12.1. The van der Waals surface area contributed by atoms with E-state index in [1.807, 2.05) is 0 Å². The molecule has 2 atom stereocenters. The molecule has 2 unspecified atom stereocenters. The molecule has 0 aliphatic carbocycles. The molecule has 7 heteroatoms. The van der Waals surface area contributed by atoms with Crippen LogP contribution in [-0.2, 0) is 9.53 Å². The molecule has 0 aromatic heterocycles. The van der Waals surface area contributed by atoms with Gasteiger partial charge in [0.2, 0.25) is 0 Å². The van der Waals surface area contributed by atoms with Crippen LogP contribution in [0, 0.1) is 0 Å².